The fourth-order valence-corrected chi connectivity index (χ4v) is 4.47. The van der Waals surface area contributed by atoms with Gasteiger partial charge in [-0.05, 0) is 37.6 Å². The van der Waals surface area contributed by atoms with Crippen molar-refractivity contribution in [3.05, 3.63) is 69.6 Å². The molecule has 1 aromatic heterocycles. The number of morpholine rings is 1. The number of benzene rings is 1. The lowest BCUT2D eigenvalue weighted by Gasteiger charge is -2.37. The van der Waals surface area contributed by atoms with Crippen LogP contribution in [0.15, 0.2) is 48.4 Å². The number of amides is 2. The van der Waals surface area contributed by atoms with E-state index in [9.17, 15) is 9.59 Å². The van der Waals surface area contributed by atoms with Crippen LogP contribution in [0.25, 0.3) is 5.57 Å². The number of nitrogens with zero attached hydrogens (tertiary/aromatic N) is 3. The molecule has 0 N–H and O–H groups in total. The standard InChI is InChI=1S/C22H21Cl2N3O3/c1-13-10-26(11-14(2)30-13)20-19(17-6-5-16(23)8-18(17)24)21(28)27(22(20)29)12-15-4-3-7-25-9-15/h3-9,13-14H,10-12H2,1-2H3. The van der Waals surface area contributed by atoms with E-state index in [4.69, 9.17) is 27.9 Å². The molecular formula is C22H21Cl2N3O3. The van der Waals surface area contributed by atoms with Crippen LogP contribution in [0.3, 0.4) is 0 Å². The first-order valence-corrected chi connectivity index (χ1v) is 10.5. The van der Waals surface area contributed by atoms with E-state index in [0.717, 1.165) is 5.56 Å². The lowest BCUT2D eigenvalue weighted by molar-refractivity contribution is -0.139. The third kappa shape index (κ3) is 3.95. The number of ether oxygens (including phenoxy) is 1. The Morgan fingerprint density at radius 3 is 2.47 bits per heavy atom. The SMILES string of the molecule is CC1CN(C2=C(c3ccc(Cl)cc3Cl)C(=O)N(Cc3cccnc3)C2=O)CC(C)O1. The van der Waals surface area contributed by atoms with Crippen LogP contribution in [0.1, 0.15) is 25.0 Å². The molecule has 0 spiro atoms. The number of aromatic nitrogens is 1. The Morgan fingerprint density at radius 1 is 1.10 bits per heavy atom. The predicted molar refractivity (Wildman–Crippen MR) is 115 cm³/mol. The number of carbonyl (C=O) groups is 2. The third-order valence-electron chi connectivity index (χ3n) is 5.14. The van der Waals surface area contributed by atoms with E-state index >= 15 is 0 Å². The van der Waals surface area contributed by atoms with Gasteiger partial charge >= 0.3 is 0 Å². The third-order valence-corrected chi connectivity index (χ3v) is 5.69. The number of hydrogen-bond donors (Lipinski definition) is 0. The Kier molecular flexibility index (Phi) is 5.82. The van der Waals surface area contributed by atoms with Crippen LogP contribution in [0.4, 0.5) is 0 Å². The topological polar surface area (TPSA) is 62.7 Å². The van der Waals surface area contributed by atoms with Gasteiger partial charge in [0.05, 0.1) is 29.3 Å². The van der Waals surface area contributed by atoms with Crippen molar-refractivity contribution in [1.82, 2.24) is 14.8 Å². The van der Waals surface area contributed by atoms with E-state index in [1.54, 1.807) is 36.7 Å². The summed E-state index contributed by atoms with van der Waals surface area (Å²) in [6.07, 6.45) is 3.15. The largest absolute Gasteiger partial charge is 0.372 e. The molecule has 2 unspecified atom stereocenters. The first-order valence-electron chi connectivity index (χ1n) is 9.70. The van der Waals surface area contributed by atoms with Gasteiger partial charge in [-0.15, -0.1) is 0 Å². The number of carbonyl (C=O) groups excluding carboxylic acids is 2. The maximum absolute atomic E-state index is 13.5. The molecule has 6 nitrogen and oxygen atoms in total. The zero-order valence-electron chi connectivity index (χ0n) is 16.6. The molecule has 2 atom stereocenters. The maximum Gasteiger partial charge on any atom is 0.278 e. The molecule has 2 aromatic rings. The molecule has 0 saturated carbocycles. The second-order valence-corrected chi connectivity index (χ2v) is 8.41. The predicted octanol–water partition coefficient (Wildman–Crippen LogP) is 3.78. The highest BCUT2D eigenvalue weighted by Crippen LogP contribution is 2.37. The highest BCUT2D eigenvalue weighted by molar-refractivity contribution is 6.41. The van der Waals surface area contributed by atoms with Crippen molar-refractivity contribution in [1.29, 1.82) is 0 Å². The Bertz CT molecular complexity index is 1020. The van der Waals surface area contributed by atoms with Gasteiger partial charge in [0.1, 0.15) is 5.70 Å². The van der Waals surface area contributed by atoms with Crippen molar-refractivity contribution in [2.75, 3.05) is 13.1 Å². The van der Waals surface area contributed by atoms with Crippen LogP contribution < -0.4 is 0 Å². The normalized spacial score (nSPS) is 22.3. The first-order chi connectivity index (χ1) is 14.3. The molecule has 156 valence electrons. The van der Waals surface area contributed by atoms with Crippen LogP contribution >= 0.6 is 23.2 Å². The summed E-state index contributed by atoms with van der Waals surface area (Å²) < 4.78 is 5.82. The van der Waals surface area contributed by atoms with Gasteiger partial charge in [-0.2, -0.15) is 0 Å². The van der Waals surface area contributed by atoms with Gasteiger partial charge in [-0.1, -0.05) is 35.3 Å². The number of hydrogen-bond acceptors (Lipinski definition) is 5. The Balaban J connectivity index is 1.79. The Labute approximate surface area is 185 Å². The van der Waals surface area contributed by atoms with Crippen LogP contribution in [-0.2, 0) is 20.9 Å². The van der Waals surface area contributed by atoms with Gasteiger partial charge in [0.2, 0.25) is 0 Å². The summed E-state index contributed by atoms with van der Waals surface area (Å²) in [7, 11) is 0. The van der Waals surface area contributed by atoms with E-state index in [1.165, 1.54) is 4.90 Å². The summed E-state index contributed by atoms with van der Waals surface area (Å²) in [6, 6.07) is 8.54. The van der Waals surface area contributed by atoms with Gasteiger partial charge in [0, 0.05) is 36.1 Å². The number of imide groups is 1. The average molecular weight is 446 g/mol. The Morgan fingerprint density at radius 2 is 1.83 bits per heavy atom. The molecule has 0 aliphatic carbocycles. The van der Waals surface area contributed by atoms with Crippen molar-refractivity contribution in [2.24, 2.45) is 0 Å². The number of rotatable bonds is 4. The molecule has 8 heteroatoms. The second-order valence-electron chi connectivity index (χ2n) is 7.57. The van der Waals surface area contributed by atoms with Crippen LogP contribution in [0, 0.1) is 0 Å². The number of halogens is 2. The summed E-state index contributed by atoms with van der Waals surface area (Å²) in [5.74, 6) is -0.721. The average Bonchev–Trinajstić information content (AvgIpc) is 2.93. The molecule has 1 aromatic carbocycles. The zero-order chi connectivity index (χ0) is 21.4. The van der Waals surface area contributed by atoms with Crippen LogP contribution in [0.5, 0.6) is 0 Å². The molecule has 2 amide bonds. The molecule has 4 rings (SSSR count). The van der Waals surface area contributed by atoms with E-state index in [0.29, 0.717) is 40.0 Å². The fraction of sp³-hybridized carbons (Fsp3) is 0.318. The van der Waals surface area contributed by atoms with Crippen molar-refractivity contribution >= 4 is 40.6 Å². The van der Waals surface area contributed by atoms with Gasteiger partial charge in [0.15, 0.2) is 0 Å². The van der Waals surface area contributed by atoms with Gasteiger partial charge in [-0.3, -0.25) is 19.5 Å². The zero-order valence-corrected chi connectivity index (χ0v) is 18.2. The minimum atomic E-state index is -0.380. The fourth-order valence-electron chi connectivity index (χ4n) is 3.97. The van der Waals surface area contributed by atoms with Gasteiger partial charge in [-0.25, -0.2) is 0 Å². The molecule has 1 fully saturated rings. The van der Waals surface area contributed by atoms with E-state index in [2.05, 4.69) is 4.98 Å². The number of pyridine rings is 1. The quantitative estimate of drug-likeness (QED) is 0.670. The monoisotopic (exact) mass is 445 g/mol. The highest BCUT2D eigenvalue weighted by Gasteiger charge is 2.43. The molecule has 1 saturated heterocycles. The molecule has 2 aliphatic rings. The molecule has 0 bridgehead atoms. The summed E-state index contributed by atoms with van der Waals surface area (Å²) in [6.45, 7) is 5.06. The summed E-state index contributed by atoms with van der Waals surface area (Å²) in [5, 5.41) is 0.789. The summed E-state index contributed by atoms with van der Waals surface area (Å²) in [4.78, 5) is 34.2. The van der Waals surface area contributed by atoms with Crippen LogP contribution in [-0.4, -0.2) is 51.9 Å². The van der Waals surface area contributed by atoms with E-state index in [-0.39, 0.29) is 30.6 Å². The van der Waals surface area contributed by atoms with Crippen LogP contribution in [0.2, 0.25) is 10.0 Å². The van der Waals surface area contributed by atoms with E-state index < -0.39 is 0 Å². The van der Waals surface area contributed by atoms with Crippen molar-refractivity contribution in [2.45, 2.75) is 32.6 Å². The Hall–Kier alpha value is -2.41. The van der Waals surface area contributed by atoms with Crippen molar-refractivity contribution < 1.29 is 14.3 Å². The first kappa shape index (κ1) is 20.8. The lowest BCUT2D eigenvalue weighted by Crippen LogP contribution is -2.46. The second kappa shape index (κ2) is 8.38. The van der Waals surface area contributed by atoms with Crippen molar-refractivity contribution in [3.8, 4) is 0 Å². The molecular weight excluding hydrogens is 425 g/mol. The van der Waals surface area contributed by atoms with Crippen molar-refractivity contribution in [3.63, 3.8) is 0 Å². The van der Waals surface area contributed by atoms with Gasteiger partial charge in [0.25, 0.3) is 11.8 Å². The smallest absolute Gasteiger partial charge is 0.278 e. The molecule has 2 aliphatic heterocycles. The molecule has 0 radical (unpaired) electrons. The minimum Gasteiger partial charge on any atom is -0.372 e. The molecule has 3 heterocycles. The highest BCUT2D eigenvalue weighted by atomic mass is 35.5. The maximum atomic E-state index is 13.5. The summed E-state index contributed by atoms with van der Waals surface area (Å²) in [5.41, 5.74) is 1.92. The minimum absolute atomic E-state index is 0.0709. The van der Waals surface area contributed by atoms with E-state index in [1.807, 2.05) is 24.8 Å². The lowest BCUT2D eigenvalue weighted by atomic mass is 10.0. The summed E-state index contributed by atoms with van der Waals surface area (Å²) >= 11 is 12.5. The molecule has 30 heavy (non-hydrogen) atoms. The van der Waals surface area contributed by atoms with Gasteiger partial charge < -0.3 is 9.64 Å².